The third-order valence-electron chi connectivity index (χ3n) is 4.15. The van der Waals surface area contributed by atoms with Gasteiger partial charge in [0.25, 0.3) is 5.91 Å². The summed E-state index contributed by atoms with van der Waals surface area (Å²) in [6, 6.07) is 10.1. The molecule has 1 fully saturated rings. The molecule has 1 atom stereocenters. The molecule has 1 unspecified atom stereocenters. The van der Waals surface area contributed by atoms with Gasteiger partial charge in [0, 0.05) is 12.6 Å². The Morgan fingerprint density at radius 1 is 1.32 bits per heavy atom. The lowest BCUT2D eigenvalue weighted by Crippen LogP contribution is -2.45. The van der Waals surface area contributed by atoms with E-state index < -0.39 is 0 Å². The average Bonchev–Trinajstić information content (AvgIpc) is 2.84. The number of rotatable bonds is 3. The van der Waals surface area contributed by atoms with Gasteiger partial charge in [-0.3, -0.25) is 4.79 Å². The molecule has 0 saturated carbocycles. The lowest BCUT2D eigenvalue weighted by molar-refractivity contribution is 0.0929. The number of nitrogens with zero attached hydrogens (tertiary/aromatic N) is 2. The number of benzene rings is 1. The number of hydrogen-bond donors (Lipinski definition) is 2. The van der Waals surface area contributed by atoms with Crippen molar-refractivity contribution in [3.8, 4) is 5.69 Å². The standard InChI is InChI=1S/C17H22N4O/c1-12-16(17(22)19-14-7-6-10-18-11-14)13(2)21(20-12)15-8-4-3-5-9-15/h3-5,8-9,14,18H,6-7,10-11H2,1-2H3,(H,19,22). The number of amides is 1. The Hall–Kier alpha value is -2.14. The fraction of sp³-hybridized carbons (Fsp3) is 0.412. The molecule has 5 heteroatoms. The first-order chi connectivity index (χ1) is 10.7. The Morgan fingerprint density at radius 3 is 2.77 bits per heavy atom. The van der Waals surface area contributed by atoms with Crippen LogP contribution in [0.5, 0.6) is 0 Å². The zero-order chi connectivity index (χ0) is 15.5. The minimum absolute atomic E-state index is 0.0223. The number of piperidine rings is 1. The second-order valence-electron chi connectivity index (χ2n) is 5.81. The van der Waals surface area contributed by atoms with E-state index in [4.69, 9.17) is 0 Å². The number of carbonyl (C=O) groups excluding carboxylic acids is 1. The smallest absolute Gasteiger partial charge is 0.255 e. The second-order valence-corrected chi connectivity index (χ2v) is 5.81. The maximum atomic E-state index is 12.6. The van der Waals surface area contributed by atoms with Gasteiger partial charge >= 0.3 is 0 Å². The number of para-hydroxylation sites is 1. The van der Waals surface area contributed by atoms with Gasteiger partial charge < -0.3 is 10.6 Å². The van der Waals surface area contributed by atoms with Crippen LogP contribution < -0.4 is 10.6 Å². The van der Waals surface area contributed by atoms with Gasteiger partial charge in [0.1, 0.15) is 0 Å². The fourth-order valence-electron chi connectivity index (χ4n) is 3.02. The first-order valence-electron chi connectivity index (χ1n) is 7.80. The summed E-state index contributed by atoms with van der Waals surface area (Å²) in [5.74, 6) is -0.0223. The predicted molar refractivity (Wildman–Crippen MR) is 86.4 cm³/mol. The van der Waals surface area contributed by atoms with Crippen LogP contribution in [0.4, 0.5) is 0 Å². The van der Waals surface area contributed by atoms with Crippen LogP contribution in [0.3, 0.4) is 0 Å². The van der Waals surface area contributed by atoms with E-state index >= 15 is 0 Å². The summed E-state index contributed by atoms with van der Waals surface area (Å²) in [7, 11) is 0. The highest BCUT2D eigenvalue weighted by Gasteiger charge is 2.22. The summed E-state index contributed by atoms with van der Waals surface area (Å²) in [5, 5.41) is 11.0. The third-order valence-corrected chi connectivity index (χ3v) is 4.15. The van der Waals surface area contributed by atoms with Crippen LogP contribution in [0.2, 0.25) is 0 Å². The number of aromatic nitrogens is 2. The molecular formula is C17H22N4O. The predicted octanol–water partition coefficient (Wildman–Crippen LogP) is 1.97. The molecule has 1 saturated heterocycles. The number of hydrogen-bond acceptors (Lipinski definition) is 3. The number of nitrogens with one attached hydrogen (secondary N) is 2. The molecule has 116 valence electrons. The Balaban J connectivity index is 1.84. The maximum Gasteiger partial charge on any atom is 0.255 e. The molecular weight excluding hydrogens is 276 g/mol. The molecule has 3 rings (SSSR count). The van der Waals surface area contributed by atoms with Crippen molar-refractivity contribution in [3.05, 3.63) is 47.3 Å². The number of carbonyl (C=O) groups is 1. The molecule has 1 aliphatic heterocycles. The second kappa shape index (κ2) is 6.32. The largest absolute Gasteiger partial charge is 0.348 e. The first-order valence-corrected chi connectivity index (χ1v) is 7.80. The third kappa shape index (κ3) is 2.90. The monoisotopic (exact) mass is 298 g/mol. The van der Waals surface area contributed by atoms with E-state index in [0.717, 1.165) is 43.0 Å². The van der Waals surface area contributed by atoms with E-state index in [1.54, 1.807) is 0 Å². The van der Waals surface area contributed by atoms with Gasteiger partial charge in [0.2, 0.25) is 0 Å². The van der Waals surface area contributed by atoms with Gasteiger partial charge in [-0.15, -0.1) is 0 Å². The van der Waals surface area contributed by atoms with Crippen molar-refractivity contribution in [1.29, 1.82) is 0 Å². The van der Waals surface area contributed by atoms with Crippen molar-refractivity contribution in [2.75, 3.05) is 13.1 Å². The molecule has 22 heavy (non-hydrogen) atoms. The SMILES string of the molecule is Cc1nn(-c2ccccc2)c(C)c1C(=O)NC1CCCNC1. The van der Waals surface area contributed by atoms with E-state index in [0.29, 0.717) is 5.56 Å². The molecule has 1 aromatic carbocycles. The molecule has 1 amide bonds. The van der Waals surface area contributed by atoms with Crippen LogP contribution in [0.25, 0.3) is 5.69 Å². The summed E-state index contributed by atoms with van der Waals surface area (Å²) < 4.78 is 1.84. The van der Waals surface area contributed by atoms with E-state index in [1.165, 1.54) is 0 Å². The topological polar surface area (TPSA) is 59.0 Å². The van der Waals surface area contributed by atoms with Crippen molar-refractivity contribution in [2.24, 2.45) is 0 Å². The number of aryl methyl sites for hydroxylation is 1. The molecule has 0 spiro atoms. The molecule has 1 aliphatic rings. The summed E-state index contributed by atoms with van der Waals surface area (Å²) in [6.07, 6.45) is 2.13. The minimum Gasteiger partial charge on any atom is -0.348 e. The summed E-state index contributed by atoms with van der Waals surface area (Å²) in [6.45, 7) is 5.72. The normalized spacial score (nSPS) is 18.2. The van der Waals surface area contributed by atoms with Crippen molar-refractivity contribution in [2.45, 2.75) is 32.7 Å². The molecule has 1 aromatic heterocycles. The van der Waals surface area contributed by atoms with E-state index in [2.05, 4.69) is 15.7 Å². The molecule has 0 bridgehead atoms. The first kappa shape index (κ1) is 14.8. The molecule has 2 N–H and O–H groups in total. The highest BCUT2D eigenvalue weighted by atomic mass is 16.1. The molecule has 5 nitrogen and oxygen atoms in total. The highest BCUT2D eigenvalue weighted by Crippen LogP contribution is 2.18. The molecule has 0 aliphatic carbocycles. The fourth-order valence-corrected chi connectivity index (χ4v) is 3.02. The molecule has 0 radical (unpaired) electrons. The van der Waals surface area contributed by atoms with Crippen LogP contribution in [0.15, 0.2) is 30.3 Å². The van der Waals surface area contributed by atoms with Gasteiger partial charge in [-0.1, -0.05) is 18.2 Å². The van der Waals surface area contributed by atoms with Crippen LogP contribution in [-0.4, -0.2) is 34.8 Å². The zero-order valence-corrected chi connectivity index (χ0v) is 13.1. The lowest BCUT2D eigenvalue weighted by atomic mass is 10.1. The Morgan fingerprint density at radius 2 is 2.09 bits per heavy atom. The van der Waals surface area contributed by atoms with Crippen molar-refractivity contribution in [1.82, 2.24) is 20.4 Å². The van der Waals surface area contributed by atoms with E-state index in [9.17, 15) is 4.79 Å². The van der Waals surface area contributed by atoms with E-state index in [1.807, 2.05) is 48.9 Å². The van der Waals surface area contributed by atoms with Crippen LogP contribution >= 0.6 is 0 Å². The molecule has 2 aromatic rings. The van der Waals surface area contributed by atoms with E-state index in [-0.39, 0.29) is 11.9 Å². The van der Waals surface area contributed by atoms with Gasteiger partial charge in [0.05, 0.1) is 22.6 Å². The minimum atomic E-state index is -0.0223. The van der Waals surface area contributed by atoms with Crippen molar-refractivity contribution >= 4 is 5.91 Å². The quantitative estimate of drug-likeness (QED) is 0.911. The van der Waals surface area contributed by atoms with Gasteiger partial charge in [0.15, 0.2) is 0 Å². The summed E-state index contributed by atoms with van der Waals surface area (Å²) in [4.78, 5) is 12.6. The van der Waals surface area contributed by atoms with Crippen molar-refractivity contribution in [3.63, 3.8) is 0 Å². The van der Waals surface area contributed by atoms with Gasteiger partial charge in [-0.2, -0.15) is 5.10 Å². The average molecular weight is 298 g/mol. The van der Waals surface area contributed by atoms with Crippen LogP contribution in [0.1, 0.15) is 34.6 Å². The Labute approximate surface area is 130 Å². The van der Waals surface area contributed by atoms with Crippen molar-refractivity contribution < 1.29 is 4.79 Å². The Bertz CT molecular complexity index is 657. The highest BCUT2D eigenvalue weighted by molar-refractivity contribution is 5.96. The molecule has 2 heterocycles. The maximum absolute atomic E-state index is 12.6. The van der Waals surface area contributed by atoms with Gasteiger partial charge in [-0.25, -0.2) is 4.68 Å². The summed E-state index contributed by atoms with van der Waals surface area (Å²) in [5.41, 5.74) is 3.31. The summed E-state index contributed by atoms with van der Waals surface area (Å²) >= 11 is 0. The Kier molecular flexibility index (Phi) is 4.24. The van der Waals surface area contributed by atoms with Gasteiger partial charge in [-0.05, 0) is 45.4 Å². The lowest BCUT2D eigenvalue weighted by Gasteiger charge is -2.23. The zero-order valence-electron chi connectivity index (χ0n) is 13.1. The van der Waals surface area contributed by atoms with Crippen LogP contribution in [-0.2, 0) is 0 Å². The van der Waals surface area contributed by atoms with Crippen LogP contribution in [0, 0.1) is 13.8 Å².